The first-order chi connectivity index (χ1) is 7.50. The Labute approximate surface area is 101 Å². The summed E-state index contributed by atoms with van der Waals surface area (Å²) in [7, 11) is 2.00. The third-order valence-electron chi connectivity index (χ3n) is 2.35. The Morgan fingerprint density at radius 3 is 2.88 bits per heavy atom. The van der Waals surface area contributed by atoms with Crippen LogP contribution in [0.5, 0.6) is 0 Å². The molecule has 0 atom stereocenters. The van der Waals surface area contributed by atoms with E-state index in [-0.39, 0.29) is 5.11 Å². The number of aromatic nitrogens is 2. The quantitative estimate of drug-likeness (QED) is 0.465. The van der Waals surface area contributed by atoms with E-state index in [0.717, 1.165) is 24.2 Å². The normalized spacial score (nSPS) is 11.6. The summed E-state index contributed by atoms with van der Waals surface area (Å²) in [4.78, 5) is 4.24. The van der Waals surface area contributed by atoms with Crippen LogP contribution >= 0.6 is 12.2 Å². The SMILES string of the molecule is C/C(CCc1c(C)ncn1C)=N\NC(N)=S. The van der Waals surface area contributed by atoms with Gasteiger partial charge in [-0.15, -0.1) is 0 Å². The smallest absolute Gasteiger partial charge is 0.184 e. The summed E-state index contributed by atoms with van der Waals surface area (Å²) in [5.74, 6) is 0. The van der Waals surface area contributed by atoms with Crippen molar-refractivity contribution in [3.05, 3.63) is 17.7 Å². The predicted octanol–water partition coefficient (Wildman–Crippen LogP) is 0.870. The van der Waals surface area contributed by atoms with Gasteiger partial charge in [-0.25, -0.2) is 4.98 Å². The minimum absolute atomic E-state index is 0.191. The lowest BCUT2D eigenvalue weighted by Crippen LogP contribution is -2.25. The highest BCUT2D eigenvalue weighted by atomic mass is 32.1. The number of hydrazone groups is 1. The zero-order valence-electron chi connectivity index (χ0n) is 9.82. The van der Waals surface area contributed by atoms with Crippen LogP contribution in [0.3, 0.4) is 0 Å². The van der Waals surface area contributed by atoms with Gasteiger partial charge in [0, 0.05) is 18.5 Å². The number of nitrogens with one attached hydrogen (secondary N) is 1. The van der Waals surface area contributed by atoms with E-state index in [1.165, 1.54) is 5.69 Å². The first-order valence-corrected chi connectivity index (χ1v) is 5.47. The second kappa shape index (κ2) is 5.60. The molecule has 3 N–H and O–H groups in total. The molecular formula is C10H17N5S. The summed E-state index contributed by atoms with van der Waals surface area (Å²) in [6.45, 7) is 3.95. The van der Waals surface area contributed by atoms with Crippen molar-refractivity contribution in [2.24, 2.45) is 17.9 Å². The van der Waals surface area contributed by atoms with Crippen LogP contribution < -0.4 is 11.2 Å². The highest BCUT2D eigenvalue weighted by molar-refractivity contribution is 7.80. The van der Waals surface area contributed by atoms with Crippen molar-refractivity contribution in [1.29, 1.82) is 0 Å². The Hall–Kier alpha value is -1.43. The summed E-state index contributed by atoms with van der Waals surface area (Å²) in [6, 6.07) is 0. The molecule has 5 nitrogen and oxygen atoms in total. The van der Waals surface area contributed by atoms with Crippen molar-refractivity contribution < 1.29 is 0 Å². The number of nitrogens with zero attached hydrogens (tertiary/aromatic N) is 3. The van der Waals surface area contributed by atoms with Gasteiger partial charge in [0.15, 0.2) is 5.11 Å². The molecule has 1 rings (SSSR count). The fourth-order valence-corrected chi connectivity index (χ4v) is 1.48. The van der Waals surface area contributed by atoms with E-state index in [2.05, 4.69) is 27.7 Å². The Morgan fingerprint density at radius 2 is 2.38 bits per heavy atom. The molecule has 1 aromatic rings. The van der Waals surface area contributed by atoms with Crippen LogP contribution in [0.15, 0.2) is 11.4 Å². The van der Waals surface area contributed by atoms with Crippen LogP contribution in [-0.4, -0.2) is 20.4 Å². The average Bonchev–Trinajstić information content (AvgIpc) is 2.53. The maximum absolute atomic E-state index is 5.28. The molecule has 0 unspecified atom stereocenters. The zero-order valence-corrected chi connectivity index (χ0v) is 10.6. The largest absolute Gasteiger partial charge is 0.375 e. The van der Waals surface area contributed by atoms with Gasteiger partial charge in [-0.2, -0.15) is 5.10 Å². The first kappa shape index (κ1) is 12.6. The summed E-state index contributed by atoms with van der Waals surface area (Å²) in [5, 5.41) is 4.24. The molecule has 0 saturated heterocycles. The van der Waals surface area contributed by atoms with Crippen LogP contribution in [0.1, 0.15) is 24.7 Å². The van der Waals surface area contributed by atoms with E-state index in [1.807, 2.05) is 31.8 Å². The maximum atomic E-state index is 5.28. The fraction of sp³-hybridized carbons (Fsp3) is 0.500. The highest BCUT2D eigenvalue weighted by Crippen LogP contribution is 2.07. The van der Waals surface area contributed by atoms with Crippen LogP contribution in [0, 0.1) is 6.92 Å². The fourth-order valence-electron chi connectivity index (χ4n) is 1.44. The van der Waals surface area contributed by atoms with Gasteiger partial charge in [-0.05, 0) is 38.9 Å². The van der Waals surface area contributed by atoms with Gasteiger partial charge in [0.1, 0.15) is 0 Å². The van der Waals surface area contributed by atoms with Crippen molar-refractivity contribution >= 4 is 23.0 Å². The number of hydrogen-bond donors (Lipinski definition) is 2. The second-order valence-corrected chi connectivity index (χ2v) is 4.15. The lowest BCUT2D eigenvalue weighted by Gasteiger charge is -2.04. The molecule has 0 aromatic carbocycles. The molecule has 0 aliphatic heterocycles. The number of thiocarbonyl (C=S) groups is 1. The van der Waals surface area contributed by atoms with Gasteiger partial charge in [0.05, 0.1) is 12.0 Å². The first-order valence-electron chi connectivity index (χ1n) is 5.06. The molecule has 0 amide bonds. The van der Waals surface area contributed by atoms with Crippen LogP contribution in [0.4, 0.5) is 0 Å². The molecule has 0 spiro atoms. The molecule has 0 aliphatic rings. The number of nitrogens with two attached hydrogens (primary N) is 1. The van der Waals surface area contributed by atoms with Gasteiger partial charge < -0.3 is 10.3 Å². The third kappa shape index (κ3) is 3.62. The molecular weight excluding hydrogens is 222 g/mol. The zero-order chi connectivity index (χ0) is 12.1. The van der Waals surface area contributed by atoms with Gasteiger partial charge >= 0.3 is 0 Å². The van der Waals surface area contributed by atoms with E-state index in [1.54, 1.807) is 0 Å². The van der Waals surface area contributed by atoms with E-state index in [0.29, 0.717) is 0 Å². The van der Waals surface area contributed by atoms with E-state index in [4.69, 9.17) is 5.73 Å². The molecule has 0 fully saturated rings. The van der Waals surface area contributed by atoms with Gasteiger partial charge in [-0.3, -0.25) is 5.43 Å². The molecule has 6 heteroatoms. The Balaban J connectivity index is 2.52. The van der Waals surface area contributed by atoms with E-state index >= 15 is 0 Å². The molecule has 88 valence electrons. The number of hydrogen-bond acceptors (Lipinski definition) is 3. The van der Waals surface area contributed by atoms with Crippen molar-refractivity contribution in [2.45, 2.75) is 26.7 Å². The van der Waals surface area contributed by atoms with Crippen molar-refractivity contribution in [1.82, 2.24) is 15.0 Å². The minimum atomic E-state index is 0.191. The summed E-state index contributed by atoms with van der Waals surface area (Å²) in [6.07, 6.45) is 3.59. The van der Waals surface area contributed by atoms with Crippen molar-refractivity contribution in [2.75, 3.05) is 0 Å². The molecule has 0 aliphatic carbocycles. The van der Waals surface area contributed by atoms with Crippen LogP contribution in [0.25, 0.3) is 0 Å². The molecule has 0 saturated carbocycles. The topological polar surface area (TPSA) is 68.2 Å². The molecule has 1 aromatic heterocycles. The Bertz CT molecular complexity index is 388. The molecule has 1 heterocycles. The van der Waals surface area contributed by atoms with Crippen molar-refractivity contribution in [3.8, 4) is 0 Å². The highest BCUT2D eigenvalue weighted by Gasteiger charge is 2.04. The summed E-state index contributed by atoms with van der Waals surface area (Å²) in [5.41, 5.74) is 11.1. The minimum Gasteiger partial charge on any atom is -0.375 e. The van der Waals surface area contributed by atoms with Crippen LogP contribution in [-0.2, 0) is 13.5 Å². The lowest BCUT2D eigenvalue weighted by atomic mass is 10.1. The second-order valence-electron chi connectivity index (χ2n) is 3.71. The van der Waals surface area contributed by atoms with Gasteiger partial charge in [0.25, 0.3) is 0 Å². The lowest BCUT2D eigenvalue weighted by molar-refractivity contribution is 0.808. The number of rotatable bonds is 4. The number of aryl methyl sites for hydroxylation is 2. The monoisotopic (exact) mass is 239 g/mol. The molecule has 0 bridgehead atoms. The van der Waals surface area contributed by atoms with E-state index < -0.39 is 0 Å². The maximum Gasteiger partial charge on any atom is 0.184 e. The van der Waals surface area contributed by atoms with Gasteiger partial charge in [0.2, 0.25) is 0 Å². The van der Waals surface area contributed by atoms with E-state index in [9.17, 15) is 0 Å². The average molecular weight is 239 g/mol. The van der Waals surface area contributed by atoms with Crippen LogP contribution in [0.2, 0.25) is 0 Å². The number of imidazole rings is 1. The predicted molar refractivity (Wildman–Crippen MR) is 69.3 cm³/mol. The third-order valence-corrected chi connectivity index (χ3v) is 2.44. The molecule has 0 radical (unpaired) electrons. The summed E-state index contributed by atoms with van der Waals surface area (Å²) < 4.78 is 2.03. The Morgan fingerprint density at radius 1 is 1.69 bits per heavy atom. The standard InChI is InChI=1S/C10H17N5S/c1-7(13-14-10(11)16)4-5-9-8(2)12-6-15(9)3/h6H,4-5H2,1-3H3,(H3,11,14,16)/b13-7+. The molecule has 16 heavy (non-hydrogen) atoms. The van der Waals surface area contributed by atoms with Crippen molar-refractivity contribution in [3.63, 3.8) is 0 Å². The Kier molecular flexibility index (Phi) is 4.42. The summed E-state index contributed by atoms with van der Waals surface area (Å²) >= 11 is 4.66. The van der Waals surface area contributed by atoms with Gasteiger partial charge in [-0.1, -0.05) is 0 Å².